The highest BCUT2D eigenvalue weighted by Gasteiger charge is 2.18. The van der Waals surface area contributed by atoms with E-state index in [0.717, 1.165) is 4.88 Å². The van der Waals surface area contributed by atoms with E-state index in [4.69, 9.17) is 14.7 Å². The maximum atomic E-state index is 12.1. The molecule has 0 N–H and O–H groups in total. The molecule has 1 aromatic carbocycles. The van der Waals surface area contributed by atoms with Crippen molar-refractivity contribution >= 4 is 33.2 Å². The molecule has 6 heteroatoms. The van der Waals surface area contributed by atoms with Crippen LogP contribution < -0.4 is 9.47 Å². The van der Waals surface area contributed by atoms with E-state index in [0.29, 0.717) is 27.3 Å². The number of halogens is 1. The zero-order valence-corrected chi connectivity index (χ0v) is 13.9. The van der Waals surface area contributed by atoms with Crippen LogP contribution in [-0.4, -0.2) is 12.6 Å². The molecule has 0 radical (unpaired) electrons. The molecule has 0 aliphatic rings. The summed E-state index contributed by atoms with van der Waals surface area (Å²) in [7, 11) is 0. The van der Waals surface area contributed by atoms with Gasteiger partial charge in [-0.25, -0.2) is 4.79 Å². The van der Waals surface area contributed by atoms with E-state index in [-0.39, 0.29) is 5.75 Å². The highest BCUT2D eigenvalue weighted by atomic mass is 79.9. The van der Waals surface area contributed by atoms with Crippen molar-refractivity contribution in [3.63, 3.8) is 0 Å². The second-order valence-electron chi connectivity index (χ2n) is 4.13. The number of hydrogen-bond donors (Lipinski definition) is 0. The van der Waals surface area contributed by atoms with E-state index in [1.54, 1.807) is 18.2 Å². The molecule has 1 aromatic heterocycles. The number of carbonyl (C=O) groups is 1. The predicted octanol–water partition coefficient (Wildman–Crippen LogP) is 4.31. The average Bonchev–Trinajstić information content (AvgIpc) is 2.89. The lowest BCUT2D eigenvalue weighted by atomic mass is 10.2. The Balaban J connectivity index is 2.34. The molecule has 2 rings (SSSR count). The van der Waals surface area contributed by atoms with Gasteiger partial charge in [0.15, 0.2) is 11.5 Å². The number of hydrogen-bond acceptors (Lipinski definition) is 5. The number of rotatable bonds is 4. The van der Waals surface area contributed by atoms with Crippen LogP contribution in [-0.2, 0) is 0 Å². The number of benzene rings is 1. The first-order chi connectivity index (χ1) is 10.0. The van der Waals surface area contributed by atoms with Gasteiger partial charge in [-0.05, 0) is 48.0 Å². The second kappa shape index (κ2) is 6.74. The van der Waals surface area contributed by atoms with Gasteiger partial charge in [-0.3, -0.25) is 0 Å². The Morgan fingerprint density at radius 3 is 2.76 bits per heavy atom. The van der Waals surface area contributed by atoms with Crippen LogP contribution in [0.25, 0.3) is 0 Å². The maximum Gasteiger partial charge on any atom is 0.353 e. The SMILES string of the molecule is CCOc1cc(C#N)cc(Br)c1OC(=O)c1ccc(C)s1. The van der Waals surface area contributed by atoms with Crippen molar-refractivity contribution in [1.29, 1.82) is 5.26 Å². The van der Waals surface area contributed by atoms with E-state index >= 15 is 0 Å². The summed E-state index contributed by atoms with van der Waals surface area (Å²) in [5.74, 6) is 0.205. The summed E-state index contributed by atoms with van der Waals surface area (Å²) in [6.45, 7) is 4.15. The van der Waals surface area contributed by atoms with E-state index in [2.05, 4.69) is 15.9 Å². The third-order valence-corrected chi connectivity index (χ3v) is 4.14. The Kier molecular flexibility index (Phi) is 4.99. The van der Waals surface area contributed by atoms with Crippen LogP contribution in [0.15, 0.2) is 28.7 Å². The summed E-state index contributed by atoms with van der Waals surface area (Å²) in [4.78, 5) is 13.7. The normalized spacial score (nSPS) is 10.0. The highest BCUT2D eigenvalue weighted by molar-refractivity contribution is 9.10. The molecule has 108 valence electrons. The van der Waals surface area contributed by atoms with E-state index in [1.807, 2.05) is 26.0 Å². The summed E-state index contributed by atoms with van der Waals surface area (Å²) in [6, 6.07) is 8.76. The standard InChI is InChI=1S/C15H12BrNO3S/c1-3-19-12-7-10(8-17)6-11(16)14(12)20-15(18)13-5-4-9(2)21-13/h4-7H,3H2,1-2H3. The maximum absolute atomic E-state index is 12.1. The number of esters is 1. The summed E-state index contributed by atoms with van der Waals surface area (Å²) >= 11 is 4.67. The van der Waals surface area contributed by atoms with Gasteiger partial charge in [-0.15, -0.1) is 11.3 Å². The molecule has 0 spiro atoms. The van der Waals surface area contributed by atoms with Crippen molar-refractivity contribution in [1.82, 2.24) is 0 Å². The molecule has 0 saturated carbocycles. The molecule has 0 saturated heterocycles. The number of nitriles is 1. The minimum absolute atomic E-state index is 0.284. The molecule has 0 aliphatic carbocycles. The van der Waals surface area contributed by atoms with Gasteiger partial charge in [0.25, 0.3) is 0 Å². The molecule has 0 amide bonds. The van der Waals surface area contributed by atoms with Gasteiger partial charge in [0.05, 0.1) is 22.7 Å². The zero-order chi connectivity index (χ0) is 15.4. The van der Waals surface area contributed by atoms with Crippen molar-refractivity contribution in [2.45, 2.75) is 13.8 Å². The predicted molar refractivity (Wildman–Crippen MR) is 84.0 cm³/mol. The number of thiophene rings is 1. The molecular weight excluding hydrogens is 354 g/mol. The van der Waals surface area contributed by atoms with Crippen LogP contribution in [0.5, 0.6) is 11.5 Å². The fourth-order valence-electron chi connectivity index (χ4n) is 1.68. The van der Waals surface area contributed by atoms with Crippen molar-refractivity contribution in [2.24, 2.45) is 0 Å². The molecule has 0 fully saturated rings. The van der Waals surface area contributed by atoms with Crippen LogP contribution in [0.1, 0.15) is 27.0 Å². The van der Waals surface area contributed by atoms with Gasteiger partial charge in [0, 0.05) is 10.9 Å². The van der Waals surface area contributed by atoms with Crippen LogP contribution in [0, 0.1) is 18.3 Å². The third-order valence-electron chi connectivity index (χ3n) is 2.57. The molecule has 4 nitrogen and oxygen atoms in total. The molecule has 0 aliphatic heterocycles. The fraction of sp³-hybridized carbons (Fsp3) is 0.200. The molecule has 0 bridgehead atoms. The Hall–Kier alpha value is -1.84. The van der Waals surface area contributed by atoms with Crippen molar-refractivity contribution < 1.29 is 14.3 Å². The van der Waals surface area contributed by atoms with Gasteiger partial charge in [-0.1, -0.05) is 0 Å². The summed E-state index contributed by atoms with van der Waals surface area (Å²) < 4.78 is 11.4. The first-order valence-electron chi connectivity index (χ1n) is 6.20. The average molecular weight is 366 g/mol. The minimum atomic E-state index is -0.445. The van der Waals surface area contributed by atoms with Gasteiger partial charge < -0.3 is 9.47 Å². The largest absolute Gasteiger partial charge is 0.490 e. The lowest BCUT2D eigenvalue weighted by Crippen LogP contribution is -2.08. The monoisotopic (exact) mass is 365 g/mol. The third kappa shape index (κ3) is 3.63. The summed E-state index contributed by atoms with van der Waals surface area (Å²) in [5, 5.41) is 8.98. The quantitative estimate of drug-likeness (QED) is 0.598. The van der Waals surface area contributed by atoms with Gasteiger partial charge in [0.1, 0.15) is 4.88 Å². The van der Waals surface area contributed by atoms with Gasteiger partial charge in [-0.2, -0.15) is 5.26 Å². The van der Waals surface area contributed by atoms with E-state index in [9.17, 15) is 4.79 Å². The number of ether oxygens (including phenoxy) is 2. The molecule has 0 atom stereocenters. The lowest BCUT2D eigenvalue weighted by molar-refractivity contribution is 0.0732. The first kappa shape index (κ1) is 15.5. The van der Waals surface area contributed by atoms with Crippen LogP contribution >= 0.6 is 27.3 Å². The first-order valence-corrected chi connectivity index (χ1v) is 7.81. The van der Waals surface area contributed by atoms with Crippen LogP contribution in [0.2, 0.25) is 0 Å². The second-order valence-corrected chi connectivity index (χ2v) is 6.27. The lowest BCUT2D eigenvalue weighted by Gasteiger charge is -2.12. The molecule has 21 heavy (non-hydrogen) atoms. The minimum Gasteiger partial charge on any atom is -0.490 e. The van der Waals surface area contributed by atoms with E-state index < -0.39 is 5.97 Å². The molecule has 0 unspecified atom stereocenters. The van der Waals surface area contributed by atoms with Crippen molar-refractivity contribution in [3.8, 4) is 17.6 Å². The Morgan fingerprint density at radius 1 is 1.43 bits per heavy atom. The van der Waals surface area contributed by atoms with Crippen LogP contribution in [0.4, 0.5) is 0 Å². The number of nitrogens with zero attached hydrogens (tertiary/aromatic N) is 1. The summed E-state index contributed by atoms with van der Waals surface area (Å²) in [5.41, 5.74) is 0.428. The number of carbonyl (C=O) groups excluding carboxylic acids is 1. The zero-order valence-electron chi connectivity index (χ0n) is 11.5. The van der Waals surface area contributed by atoms with Crippen LogP contribution in [0.3, 0.4) is 0 Å². The fourth-order valence-corrected chi connectivity index (χ4v) is 2.95. The summed E-state index contributed by atoms with van der Waals surface area (Å²) in [6.07, 6.45) is 0. The topological polar surface area (TPSA) is 59.3 Å². The molecule has 2 aromatic rings. The number of aryl methyl sites for hydroxylation is 1. The van der Waals surface area contributed by atoms with Gasteiger partial charge >= 0.3 is 5.97 Å². The Bertz CT molecular complexity index is 718. The van der Waals surface area contributed by atoms with Gasteiger partial charge in [0.2, 0.25) is 0 Å². The Morgan fingerprint density at radius 2 is 2.19 bits per heavy atom. The van der Waals surface area contributed by atoms with Crippen molar-refractivity contribution in [3.05, 3.63) is 44.1 Å². The smallest absolute Gasteiger partial charge is 0.353 e. The molecular formula is C15H12BrNO3S. The molecule has 1 heterocycles. The Labute approximate surface area is 135 Å². The highest BCUT2D eigenvalue weighted by Crippen LogP contribution is 2.37. The van der Waals surface area contributed by atoms with E-state index in [1.165, 1.54) is 11.3 Å². The van der Waals surface area contributed by atoms with Crippen molar-refractivity contribution in [2.75, 3.05) is 6.61 Å².